The molecule has 1 aromatic carbocycles. The molecule has 1 aliphatic rings. The van der Waals surface area contributed by atoms with Crippen LogP contribution in [-0.2, 0) is 11.3 Å². The first-order chi connectivity index (χ1) is 7.27. The van der Waals surface area contributed by atoms with Crippen LogP contribution >= 0.6 is 15.9 Å². The first kappa shape index (κ1) is 10.9. The molecule has 1 heterocycles. The van der Waals surface area contributed by atoms with E-state index in [1.807, 2.05) is 18.2 Å². The van der Waals surface area contributed by atoms with Crippen molar-refractivity contribution in [3.8, 4) is 0 Å². The van der Waals surface area contributed by atoms with Crippen LogP contribution in [0.4, 0.5) is 5.69 Å². The topological polar surface area (TPSA) is 38.5 Å². The van der Waals surface area contributed by atoms with Crippen molar-refractivity contribution in [3.05, 3.63) is 28.2 Å². The third-order valence-electron chi connectivity index (χ3n) is 2.64. The number of anilines is 1. The summed E-state index contributed by atoms with van der Waals surface area (Å²) < 4.78 is 6.40. The van der Waals surface area contributed by atoms with Crippen LogP contribution in [-0.4, -0.2) is 31.2 Å². The van der Waals surface area contributed by atoms with E-state index in [2.05, 4.69) is 20.8 Å². The number of nitrogens with two attached hydrogens (primary N) is 1. The maximum atomic E-state index is 5.95. The van der Waals surface area contributed by atoms with Gasteiger partial charge in [-0.3, -0.25) is 4.90 Å². The number of ether oxygens (including phenoxy) is 1. The highest BCUT2D eigenvalue weighted by atomic mass is 79.9. The zero-order chi connectivity index (χ0) is 10.7. The molecule has 0 aliphatic carbocycles. The Labute approximate surface area is 98.3 Å². The molecule has 0 spiro atoms. The fraction of sp³-hybridized carbons (Fsp3) is 0.455. The molecule has 2 rings (SSSR count). The summed E-state index contributed by atoms with van der Waals surface area (Å²) in [7, 11) is 0. The third kappa shape index (κ3) is 2.71. The molecule has 0 bridgehead atoms. The van der Waals surface area contributed by atoms with E-state index >= 15 is 0 Å². The Balaban J connectivity index is 2.09. The zero-order valence-electron chi connectivity index (χ0n) is 8.58. The molecule has 0 aromatic heterocycles. The molecule has 0 radical (unpaired) electrons. The van der Waals surface area contributed by atoms with Gasteiger partial charge >= 0.3 is 0 Å². The molecule has 82 valence electrons. The Morgan fingerprint density at radius 3 is 2.73 bits per heavy atom. The summed E-state index contributed by atoms with van der Waals surface area (Å²) in [6.07, 6.45) is 0. The molecule has 2 N–H and O–H groups in total. The van der Waals surface area contributed by atoms with Gasteiger partial charge in [-0.05, 0) is 12.1 Å². The van der Waals surface area contributed by atoms with Crippen LogP contribution in [0, 0.1) is 0 Å². The number of nitrogen functional groups attached to an aromatic ring is 1. The van der Waals surface area contributed by atoms with Crippen LogP contribution in [0.3, 0.4) is 0 Å². The summed E-state index contributed by atoms with van der Waals surface area (Å²) >= 11 is 3.54. The van der Waals surface area contributed by atoms with Crippen molar-refractivity contribution in [1.82, 2.24) is 4.90 Å². The second-order valence-electron chi connectivity index (χ2n) is 3.70. The van der Waals surface area contributed by atoms with Gasteiger partial charge in [0.05, 0.1) is 13.2 Å². The van der Waals surface area contributed by atoms with Crippen molar-refractivity contribution in [1.29, 1.82) is 0 Å². The highest BCUT2D eigenvalue weighted by molar-refractivity contribution is 9.10. The van der Waals surface area contributed by atoms with Crippen molar-refractivity contribution in [3.63, 3.8) is 0 Å². The predicted molar refractivity (Wildman–Crippen MR) is 64.7 cm³/mol. The van der Waals surface area contributed by atoms with Gasteiger partial charge < -0.3 is 10.5 Å². The third-order valence-corrected chi connectivity index (χ3v) is 3.38. The van der Waals surface area contributed by atoms with E-state index in [1.165, 1.54) is 5.56 Å². The lowest BCUT2D eigenvalue weighted by Crippen LogP contribution is -2.35. The van der Waals surface area contributed by atoms with Crippen LogP contribution in [0.15, 0.2) is 22.7 Å². The van der Waals surface area contributed by atoms with E-state index in [9.17, 15) is 0 Å². The van der Waals surface area contributed by atoms with E-state index in [0.717, 1.165) is 43.0 Å². The van der Waals surface area contributed by atoms with E-state index in [4.69, 9.17) is 10.5 Å². The Kier molecular flexibility index (Phi) is 3.61. The molecule has 1 aromatic rings. The minimum atomic E-state index is 0.824. The maximum Gasteiger partial charge on any atom is 0.0594 e. The van der Waals surface area contributed by atoms with Gasteiger partial charge in [-0.25, -0.2) is 0 Å². The van der Waals surface area contributed by atoms with Crippen LogP contribution in [0.25, 0.3) is 0 Å². The molecule has 0 unspecified atom stereocenters. The summed E-state index contributed by atoms with van der Waals surface area (Å²) in [5.74, 6) is 0. The maximum absolute atomic E-state index is 5.95. The van der Waals surface area contributed by atoms with E-state index < -0.39 is 0 Å². The molecular weight excluding hydrogens is 256 g/mol. The molecule has 0 amide bonds. The number of hydrogen-bond donors (Lipinski definition) is 1. The quantitative estimate of drug-likeness (QED) is 0.834. The van der Waals surface area contributed by atoms with Crippen LogP contribution in [0.5, 0.6) is 0 Å². The van der Waals surface area contributed by atoms with Crippen molar-refractivity contribution in [2.24, 2.45) is 0 Å². The lowest BCUT2D eigenvalue weighted by Gasteiger charge is -2.27. The van der Waals surface area contributed by atoms with Crippen molar-refractivity contribution >= 4 is 21.6 Å². The monoisotopic (exact) mass is 270 g/mol. The molecule has 1 fully saturated rings. The second-order valence-corrected chi connectivity index (χ2v) is 4.55. The number of benzene rings is 1. The second kappa shape index (κ2) is 4.96. The predicted octanol–water partition coefficient (Wildman–Crippen LogP) is 1.86. The first-order valence-corrected chi connectivity index (χ1v) is 5.89. The SMILES string of the molecule is Nc1cccc(Br)c1CN1CCOCC1. The van der Waals surface area contributed by atoms with Gasteiger partial charge in [0.2, 0.25) is 0 Å². The summed E-state index contributed by atoms with van der Waals surface area (Å²) in [4.78, 5) is 2.36. The smallest absolute Gasteiger partial charge is 0.0594 e. The van der Waals surface area contributed by atoms with Crippen molar-refractivity contribution in [2.45, 2.75) is 6.54 Å². The highest BCUT2D eigenvalue weighted by Crippen LogP contribution is 2.24. The molecule has 3 nitrogen and oxygen atoms in total. The molecule has 1 aliphatic heterocycles. The van der Waals surface area contributed by atoms with Crippen LogP contribution in [0.1, 0.15) is 5.56 Å². The average Bonchev–Trinajstić information content (AvgIpc) is 2.25. The number of rotatable bonds is 2. The molecule has 4 heteroatoms. The van der Waals surface area contributed by atoms with Gasteiger partial charge in [0, 0.05) is 35.4 Å². The number of morpholine rings is 1. The number of halogens is 1. The van der Waals surface area contributed by atoms with E-state index in [0.29, 0.717) is 0 Å². The van der Waals surface area contributed by atoms with Gasteiger partial charge in [-0.1, -0.05) is 22.0 Å². The normalized spacial score (nSPS) is 17.9. The fourth-order valence-electron chi connectivity index (χ4n) is 1.73. The van der Waals surface area contributed by atoms with Crippen molar-refractivity contribution < 1.29 is 4.74 Å². The average molecular weight is 271 g/mol. The standard InChI is InChI=1S/C11H15BrN2O/c12-10-2-1-3-11(13)9(10)8-14-4-6-15-7-5-14/h1-3H,4-8,13H2. The Morgan fingerprint density at radius 2 is 2.07 bits per heavy atom. The Hall–Kier alpha value is -0.580. The molecule has 1 saturated heterocycles. The lowest BCUT2D eigenvalue weighted by molar-refractivity contribution is 0.0342. The van der Waals surface area contributed by atoms with Gasteiger partial charge in [-0.2, -0.15) is 0 Å². The minimum Gasteiger partial charge on any atom is -0.398 e. The zero-order valence-corrected chi connectivity index (χ0v) is 10.2. The molecular formula is C11H15BrN2O. The molecule has 15 heavy (non-hydrogen) atoms. The Bertz CT molecular complexity index is 317. The molecule has 0 atom stereocenters. The summed E-state index contributed by atoms with van der Waals surface area (Å²) in [5, 5.41) is 0. The van der Waals surface area contributed by atoms with Crippen LogP contribution in [0.2, 0.25) is 0 Å². The van der Waals surface area contributed by atoms with Gasteiger partial charge in [-0.15, -0.1) is 0 Å². The fourth-order valence-corrected chi connectivity index (χ4v) is 2.23. The molecule has 0 saturated carbocycles. The Morgan fingerprint density at radius 1 is 1.33 bits per heavy atom. The number of hydrogen-bond acceptors (Lipinski definition) is 3. The lowest BCUT2D eigenvalue weighted by atomic mass is 10.1. The van der Waals surface area contributed by atoms with E-state index in [-0.39, 0.29) is 0 Å². The van der Waals surface area contributed by atoms with Gasteiger partial charge in [0.25, 0.3) is 0 Å². The minimum absolute atomic E-state index is 0.824. The first-order valence-electron chi connectivity index (χ1n) is 5.10. The van der Waals surface area contributed by atoms with E-state index in [1.54, 1.807) is 0 Å². The van der Waals surface area contributed by atoms with Gasteiger partial charge in [0.15, 0.2) is 0 Å². The number of nitrogens with zero attached hydrogens (tertiary/aromatic N) is 1. The summed E-state index contributed by atoms with van der Waals surface area (Å²) in [6.45, 7) is 4.52. The highest BCUT2D eigenvalue weighted by Gasteiger charge is 2.13. The summed E-state index contributed by atoms with van der Waals surface area (Å²) in [6, 6.07) is 5.94. The van der Waals surface area contributed by atoms with Gasteiger partial charge in [0.1, 0.15) is 0 Å². The summed E-state index contributed by atoms with van der Waals surface area (Å²) in [5.41, 5.74) is 7.99. The largest absolute Gasteiger partial charge is 0.398 e. The van der Waals surface area contributed by atoms with Crippen LogP contribution < -0.4 is 5.73 Å². The van der Waals surface area contributed by atoms with Crippen molar-refractivity contribution in [2.75, 3.05) is 32.0 Å².